The van der Waals surface area contributed by atoms with E-state index in [2.05, 4.69) is 47.5 Å². The molecule has 0 radical (unpaired) electrons. The van der Waals surface area contributed by atoms with Crippen LogP contribution < -0.4 is 5.32 Å². The Kier molecular flexibility index (Phi) is 2.94. The number of anilines is 1. The van der Waals surface area contributed by atoms with E-state index in [9.17, 15) is 4.79 Å². The van der Waals surface area contributed by atoms with Gasteiger partial charge in [0.15, 0.2) is 0 Å². The van der Waals surface area contributed by atoms with Gasteiger partial charge in [0.05, 0.1) is 19.1 Å². The number of rotatable bonds is 1. The molecule has 4 aliphatic rings. The maximum atomic E-state index is 13.0. The number of methoxy groups -OCH3 is 1. The number of carbonyl (C=O) groups excluding carboxylic acids is 1. The molecular formula is C20H24N2O2. The highest BCUT2D eigenvalue weighted by Crippen LogP contribution is 2.61. The molecule has 0 aromatic heterocycles. The van der Waals surface area contributed by atoms with Crippen molar-refractivity contribution in [1.29, 1.82) is 0 Å². The van der Waals surface area contributed by atoms with Crippen molar-refractivity contribution in [1.82, 2.24) is 4.90 Å². The standard InChI is InChI=1S/C20H24N2O2/c1-3-12-11-22-9-8-20-14-6-4-5-7-15(14)21-18(20)16(22)10-13(12)17(20)19(23)24-2/h3-7,13,16-18,21H,8-11H2,1-2H3. The first-order valence-corrected chi connectivity index (χ1v) is 9.03. The highest BCUT2D eigenvalue weighted by atomic mass is 16.5. The summed E-state index contributed by atoms with van der Waals surface area (Å²) < 4.78 is 5.33. The summed E-state index contributed by atoms with van der Waals surface area (Å²) in [5.74, 6) is 0.207. The second kappa shape index (κ2) is 4.85. The zero-order valence-corrected chi connectivity index (χ0v) is 14.3. The van der Waals surface area contributed by atoms with Gasteiger partial charge in [-0.25, -0.2) is 0 Å². The monoisotopic (exact) mass is 324 g/mol. The van der Waals surface area contributed by atoms with Crippen molar-refractivity contribution >= 4 is 11.7 Å². The molecule has 3 fully saturated rings. The number of ether oxygens (including phenoxy) is 1. The summed E-state index contributed by atoms with van der Waals surface area (Å²) in [4.78, 5) is 15.6. The molecule has 126 valence electrons. The van der Waals surface area contributed by atoms with Crippen LogP contribution in [0.25, 0.3) is 0 Å². The number of para-hydroxylation sites is 1. The summed E-state index contributed by atoms with van der Waals surface area (Å²) in [6.45, 7) is 4.18. The molecule has 0 spiro atoms. The summed E-state index contributed by atoms with van der Waals surface area (Å²) >= 11 is 0. The fourth-order valence-corrected chi connectivity index (χ4v) is 6.19. The quantitative estimate of drug-likeness (QED) is 0.637. The fraction of sp³-hybridized carbons (Fsp3) is 0.550. The van der Waals surface area contributed by atoms with Gasteiger partial charge in [-0.1, -0.05) is 29.8 Å². The largest absolute Gasteiger partial charge is 0.469 e. The summed E-state index contributed by atoms with van der Waals surface area (Å²) in [6.07, 6.45) is 4.33. The lowest BCUT2D eigenvalue weighted by Crippen LogP contribution is -2.71. The van der Waals surface area contributed by atoms with Gasteiger partial charge in [0.1, 0.15) is 0 Å². The molecule has 24 heavy (non-hydrogen) atoms. The molecule has 3 heterocycles. The van der Waals surface area contributed by atoms with Gasteiger partial charge in [-0.3, -0.25) is 9.69 Å². The predicted molar refractivity (Wildman–Crippen MR) is 92.9 cm³/mol. The van der Waals surface area contributed by atoms with Crippen LogP contribution in [0.2, 0.25) is 0 Å². The zero-order valence-electron chi connectivity index (χ0n) is 14.3. The summed E-state index contributed by atoms with van der Waals surface area (Å²) in [6, 6.07) is 9.43. The molecule has 5 rings (SSSR count). The number of esters is 1. The van der Waals surface area contributed by atoms with Crippen molar-refractivity contribution in [3.63, 3.8) is 0 Å². The zero-order chi connectivity index (χ0) is 16.5. The molecule has 3 aliphatic heterocycles. The van der Waals surface area contributed by atoms with Crippen LogP contribution in [0.1, 0.15) is 25.3 Å². The van der Waals surface area contributed by atoms with Crippen LogP contribution in [-0.4, -0.2) is 43.2 Å². The van der Waals surface area contributed by atoms with E-state index in [4.69, 9.17) is 4.74 Å². The molecule has 2 saturated heterocycles. The third-order valence-electron chi connectivity index (χ3n) is 7.10. The van der Waals surface area contributed by atoms with Crippen molar-refractivity contribution in [2.24, 2.45) is 11.8 Å². The summed E-state index contributed by atoms with van der Waals surface area (Å²) in [5, 5.41) is 3.79. The molecule has 1 aromatic carbocycles. The van der Waals surface area contributed by atoms with E-state index in [1.807, 2.05) is 0 Å². The van der Waals surface area contributed by atoms with Gasteiger partial charge >= 0.3 is 5.97 Å². The maximum absolute atomic E-state index is 13.0. The normalized spacial score (nSPS) is 40.8. The molecule has 1 saturated carbocycles. The van der Waals surface area contributed by atoms with E-state index in [0.29, 0.717) is 18.0 Å². The lowest BCUT2D eigenvalue weighted by Gasteiger charge is -2.62. The van der Waals surface area contributed by atoms with Crippen molar-refractivity contribution in [2.75, 3.05) is 25.5 Å². The van der Waals surface area contributed by atoms with E-state index in [-0.39, 0.29) is 17.3 Å². The molecule has 1 aromatic rings. The van der Waals surface area contributed by atoms with Crippen molar-refractivity contribution in [2.45, 2.75) is 37.3 Å². The van der Waals surface area contributed by atoms with Gasteiger partial charge in [0.25, 0.3) is 0 Å². The number of allylic oxidation sites excluding steroid dienone is 1. The van der Waals surface area contributed by atoms with Crippen LogP contribution in [0.3, 0.4) is 0 Å². The summed E-state index contributed by atoms with van der Waals surface area (Å²) in [5.41, 5.74) is 3.84. The number of carbonyl (C=O) groups is 1. The predicted octanol–water partition coefficient (Wildman–Crippen LogP) is 2.56. The van der Waals surface area contributed by atoms with Gasteiger partial charge in [0, 0.05) is 23.7 Å². The Morgan fingerprint density at radius 2 is 2.25 bits per heavy atom. The Morgan fingerprint density at radius 1 is 1.42 bits per heavy atom. The Morgan fingerprint density at radius 3 is 3.04 bits per heavy atom. The van der Waals surface area contributed by atoms with Crippen LogP contribution in [-0.2, 0) is 14.9 Å². The van der Waals surface area contributed by atoms with E-state index < -0.39 is 0 Å². The van der Waals surface area contributed by atoms with Crippen molar-refractivity contribution in [3.05, 3.63) is 41.5 Å². The van der Waals surface area contributed by atoms with Gasteiger partial charge in [-0.05, 0) is 43.9 Å². The van der Waals surface area contributed by atoms with Crippen LogP contribution in [0.15, 0.2) is 35.9 Å². The molecule has 5 unspecified atom stereocenters. The van der Waals surface area contributed by atoms with Crippen LogP contribution in [0.5, 0.6) is 0 Å². The van der Waals surface area contributed by atoms with Crippen molar-refractivity contribution < 1.29 is 9.53 Å². The van der Waals surface area contributed by atoms with E-state index >= 15 is 0 Å². The van der Waals surface area contributed by atoms with Gasteiger partial charge in [-0.2, -0.15) is 0 Å². The molecule has 1 aliphatic carbocycles. The maximum Gasteiger partial charge on any atom is 0.310 e. The SMILES string of the molecule is CC=C1CN2CCC34c5ccccc5NC3C2CC1C4C(=O)OC. The number of piperidine rings is 2. The Bertz CT molecular complexity index is 743. The molecule has 3 bridgehead atoms. The number of benzene rings is 1. The Hall–Kier alpha value is -1.81. The summed E-state index contributed by atoms with van der Waals surface area (Å²) in [7, 11) is 1.54. The van der Waals surface area contributed by atoms with Crippen LogP contribution in [0, 0.1) is 11.8 Å². The van der Waals surface area contributed by atoms with Gasteiger partial charge in [0.2, 0.25) is 0 Å². The topological polar surface area (TPSA) is 41.6 Å². The lowest BCUT2D eigenvalue weighted by atomic mass is 9.50. The van der Waals surface area contributed by atoms with Gasteiger partial charge in [-0.15, -0.1) is 0 Å². The average molecular weight is 324 g/mol. The minimum absolute atomic E-state index is 0.0309. The Balaban J connectivity index is 1.76. The van der Waals surface area contributed by atoms with Gasteiger partial charge < -0.3 is 10.1 Å². The highest BCUT2D eigenvalue weighted by molar-refractivity contribution is 5.80. The molecule has 5 atom stereocenters. The molecule has 0 amide bonds. The smallest absolute Gasteiger partial charge is 0.310 e. The number of hydrogen-bond acceptors (Lipinski definition) is 4. The second-order valence-corrected chi connectivity index (χ2v) is 7.70. The van der Waals surface area contributed by atoms with E-state index in [1.54, 1.807) is 7.11 Å². The fourth-order valence-electron chi connectivity index (χ4n) is 6.19. The van der Waals surface area contributed by atoms with Crippen LogP contribution in [0.4, 0.5) is 5.69 Å². The highest BCUT2D eigenvalue weighted by Gasteiger charge is 2.67. The average Bonchev–Trinajstić information content (AvgIpc) is 2.96. The molecule has 4 nitrogen and oxygen atoms in total. The third-order valence-corrected chi connectivity index (χ3v) is 7.10. The third kappa shape index (κ3) is 1.55. The number of nitrogens with zero attached hydrogens (tertiary/aromatic N) is 1. The molecule has 1 N–H and O–H groups in total. The Labute approximate surface area is 142 Å². The first-order chi connectivity index (χ1) is 11.7. The lowest BCUT2D eigenvalue weighted by molar-refractivity contribution is -0.158. The minimum Gasteiger partial charge on any atom is -0.469 e. The molecule has 4 heteroatoms. The number of hydrogen-bond donors (Lipinski definition) is 1. The number of fused-ring (bicyclic) bond motifs is 2. The second-order valence-electron chi connectivity index (χ2n) is 7.70. The van der Waals surface area contributed by atoms with E-state index in [0.717, 1.165) is 25.9 Å². The first kappa shape index (κ1) is 14.5. The number of nitrogens with one attached hydrogen (secondary N) is 1. The first-order valence-electron chi connectivity index (χ1n) is 9.03. The van der Waals surface area contributed by atoms with Crippen LogP contribution >= 0.6 is 0 Å². The molecular weight excluding hydrogens is 300 g/mol. The van der Waals surface area contributed by atoms with E-state index in [1.165, 1.54) is 16.8 Å². The minimum atomic E-state index is -0.123. The van der Waals surface area contributed by atoms with Crippen molar-refractivity contribution in [3.8, 4) is 0 Å².